The molecule has 18 heavy (non-hydrogen) atoms. The summed E-state index contributed by atoms with van der Waals surface area (Å²) < 4.78 is 5.05. The molecule has 0 bridgehead atoms. The Hall–Kier alpha value is -2.24. The van der Waals surface area contributed by atoms with E-state index in [1.807, 2.05) is 20.8 Å². The highest BCUT2D eigenvalue weighted by atomic mass is 16.5. The Morgan fingerprint density at radius 1 is 1.33 bits per heavy atom. The molecular weight excluding hydrogens is 232 g/mol. The van der Waals surface area contributed by atoms with Gasteiger partial charge in [-0.3, -0.25) is 15.1 Å². The predicted molar refractivity (Wildman–Crippen MR) is 65.2 cm³/mol. The van der Waals surface area contributed by atoms with Crippen molar-refractivity contribution in [3.63, 3.8) is 0 Å². The van der Waals surface area contributed by atoms with Crippen LogP contribution in [0.1, 0.15) is 37.0 Å². The summed E-state index contributed by atoms with van der Waals surface area (Å²) in [6.45, 7) is 6.04. The quantitative estimate of drug-likeness (QED) is 0.876. The molecule has 1 N–H and O–H groups in total. The van der Waals surface area contributed by atoms with Crippen molar-refractivity contribution in [3.05, 3.63) is 36.0 Å². The topological polar surface area (TPSA) is 80.9 Å². The molecule has 2 rings (SSSR count). The number of carbonyl (C=O) groups is 1. The number of carbonyl (C=O) groups excluding carboxylic acids is 1. The molecule has 2 aromatic rings. The molecule has 6 heteroatoms. The summed E-state index contributed by atoms with van der Waals surface area (Å²) in [5, 5.41) is 6.49. The highest BCUT2D eigenvalue weighted by Gasteiger charge is 2.20. The van der Waals surface area contributed by atoms with Gasteiger partial charge in [0.25, 0.3) is 5.91 Å². The zero-order chi connectivity index (χ0) is 13.2. The van der Waals surface area contributed by atoms with Crippen LogP contribution in [0.15, 0.2) is 29.2 Å². The fraction of sp³-hybridized carbons (Fsp3) is 0.333. The molecular formula is C12H14N4O2. The maximum absolute atomic E-state index is 11.8. The summed E-state index contributed by atoms with van der Waals surface area (Å²) in [6.07, 6.45) is 4.34. The molecule has 2 aromatic heterocycles. The Kier molecular flexibility index (Phi) is 3.10. The minimum atomic E-state index is -0.375. The first kappa shape index (κ1) is 12.2. The van der Waals surface area contributed by atoms with E-state index in [0.717, 1.165) is 5.69 Å². The first-order valence-electron chi connectivity index (χ1n) is 5.51. The van der Waals surface area contributed by atoms with Crippen LogP contribution in [0.2, 0.25) is 0 Å². The van der Waals surface area contributed by atoms with Crippen molar-refractivity contribution in [2.45, 2.75) is 26.2 Å². The Balaban J connectivity index is 2.11. The van der Waals surface area contributed by atoms with E-state index in [0.29, 0.717) is 5.88 Å². The molecule has 1 amide bonds. The van der Waals surface area contributed by atoms with Crippen LogP contribution >= 0.6 is 0 Å². The fourth-order valence-electron chi connectivity index (χ4n) is 1.28. The Bertz CT molecular complexity index is 543. The van der Waals surface area contributed by atoms with E-state index < -0.39 is 0 Å². The van der Waals surface area contributed by atoms with E-state index in [9.17, 15) is 4.79 Å². The molecule has 0 fully saturated rings. The third kappa shape index (κ3) is 2.71. The smallest absolute Gasteiger partial charge is 0.278 e. The Morgan fingerprint density at radius 2 is 2.11 bits per heavy atom. The number of anilines is 1. The zero-order valence-corrected chi connectivity index (χ0v) is 10.5. The van der Waals surface area contributed by atoms with Gasteiger partial charge in [0.1, 0.15) is 5.69 Å². The summed E-state index contributed by atoms with van der Waals surface area (Å²) in [5.41, 5.74) is 0.877. The molecule has 0 saturated heterocycles. The minimum Gasteiger partial charge on any atom is -0.338 e. The summed E-state index contributed by atoms with van der Waals surface area (Å²) in [5.74, 6) is -0.0738. The second-order valence-corrected chi connectivity index (χ2v) is 4.87. The van der Waals surface area contributed by atoms with Gasteiger partial charge in [0, 0.05) is 23.9 Å². The van der Waals surface area contributed by atoms with Crippen LogP contribution in [0.25, 0.3) is 0 Å². The third-order valence-corrected chi connectivity index (χ3v) is 2.31. The van der Waals surface area contributed by atoms with Crippen molar-refractivity contribution >= 4 is 11.8 Å². The summed E-state index contributed by atoms with van der Waals surface area (Å²) in [6, 6.07) is 1.70. The van der Waals surface area contributed by atoms with Gasteiger partial charge in [-0.05, 0) is 0 Å². The van der Waals surface area contributed by atoms with E-state index in [1.54, 1.807) is 6.07 Å². The van der Waals surface area contributed by atoms with Crippen LogP contribution in [0, 0.1) is 0 Å². The average Bonchev–Trinajstić information content (AvgIpc) is 2.78. The summed E-state index contributed by atoms with van der Waals surface area (Å²) in [4.78, 5) is 19.5. The lowest BCUT2D eigenvalue weighted by Gasteiger charge is -2.12. The maximum atomic E-state index is 11.8. The van der Waals surface area contributed by atoms with Gasteiger partial charge in [0.15, 0.2) is 0 Å². The van der Waals surface area contributed by atoms with Gasteiger partial charge in [-0.15, -0.1) is 0 Å². The maximum Gasteiger partial charge on any atom is 0.278 e. The lowest BCUT2D eigenvalue weighted by Crippen LogP contribution is -2.13. The molecule has 0 aromatic carbocycles. The number of nitrogens with one attached hydrogen (secondary N) is 1. The standard InChI is InChI=1S/C12H14N4O2/c1-12(2,3)9-6-10(18-16-9)15-11(17)8-7-13-4-5-14-8/h4-7H,1-3H3,(H,15,17). The Morgan fingerprint density at radius 3 is 2.67 bits per heavy atom. The molecule has 94 valence electrons. The molecule has 0 aliphatic heterocycles. The zero-order valence-electron chi connectivity index (χ0n) is 10.5. The van der Waals surface area contributed by atoms with E-state index in [4.69, 9.17) is 4.52 Å². The van der Waals surface area contributed by atoms with Gasteiger partial charge in [-0.25, -0.2) is 4.98 Å². The second kappa shape index (κ2) is 4.56. The number of hydrogen-bond donors (Lipinski definition) is 1. The largest absolute Gasteiger partial charge is 0.338 e. The van der Waals surface area contributed by atoms with Gasteiger partial charge in [-0.2, -0.15) is 0 Å². The number of nitrogens with zero attached hydrogens (tertiary/aromatic N) is 3. The van der Waals surface area contributed by atoms with Gasteiger partial charge in [-0.1, -0.05) is 25.9 Å². The van der Waals surface area contributed by atoms with E-state index in [1.165, 1.54) is 18.6 Å². The monoisotopic (exact) mass is 246 g/mol. The molecule has 0 spiro atoms. The van der Waals surface area contributed by atoms with Crippen LogP contribution in [0.5, 0.6) is 0 Å². The summed E-state index contributed by atoms with van der Waals surface area (Å²) >= 11 is 0. The first-order valence-corrected chi connectivity index (χ1v) is 5.51. The van der Waals surface area contributed by atoms with Crippen molar-refractivity contribution in [3.8, 4) is 0 Å². The van der Waals surface area contributed by atoms with Crippen LogP contribution in [0.4, 0.5) is 5.88 Å². The molecule has 0 radical (unpaired) electrons. The van der Waals surface area contributed by atoms with Crippen molar-refractivity contribution < 1.29 is 9.32 Å². The van der Waals surface area contributed by atoms with Crippen LogP contribution < -0.4 is 5.32 Å². The molecule has 2 heterocycles. The van der Waals surface area contributed by atoms with Crippen molar-refractivity contribution in [2.75, 3.05) is 5.32 Å². The van der Waals surface area contributed by atoms with Gasteiger partial charge < -0.3 is 4.52 Å². The number of aromatic nitrogens is 3. The molecule has 0 saturated carbocycles. The Labute approximate surface area is 104 Å². The molecule has 0 atom stereocenters. The SMILES string of the molecule is CC(C)(C)c1cc(NC(=O)c2cnccn2)on1. The van der Waals surface area contributed by atoms with Crippen LogP contribution in [-0.2, 0) is 5.41 Å². The highest BCUT2D eigenvalue weighted by molar-refractivity contribution is 6.01. The first-order chi connectivity index (χ1) is 8.47. The fourth-order valence-corrected chi connectivity index (χ4v) is 1.28. The van der Waals surface area contributed by atoms with Crippen molar-refractivity contribution in [2.24, 2.45) is 0 Å². The molecule has 6 nitrogen and oxygen atoms in total. The van der Waals surface area contributed by atoms with Gasteiger partial charge >= 0.3 is 0 Å². The van der Waals surface area contributed by atoms with E-state index >= 15 is 0 Å². The van der Waals surface area contributed by atoms with Crippen LogP contribution in [-0.4, -0.2) is 21.0 Å². The van der Waals surface area contributed by atoms with Crippen LogP contribution in [0.3, 0.4) is 0 Å². The van der Waals surface area contributed by atoms with Gasteiger partial charge in [0.2, 0.25) is 5.88 Å². The van der Waals surface area contributed by atoms with Crippen molar-refractivity contribution in [1.82, 2.24) is 15.1 Å². The predicted octanol–water partition coefficient (Wildman–Crippen LogP) is 2.01. The van der Waals surface area contributed by atoms with Crippen molar-refractivity contribution in [1.29, 1.82) is 0 Å². The normalized spacial score (nSPS) is 11.3. The third-order valence-electron chi connectivity index (χ3n) is 2.31. The average molecular weight is 246 g/mol. The lowest BCUT2D eigenvalue weighted by atomic mass is 9.92. The number of rotatable bonds is 2. The molecule has 0 aliphatic carbocycles. The number of amides is 1. The minimum absolute atomic E-state index is 0.126. The summed E-state index contributed by atoms with van der Waals surface area (Å²) in [7, 11) is 0. The molecule has 0 unspecified atom stereocenters. The van der Waals surface area contributed by atoms with E-state index in [2.05, 4.69) is 20.4 Å². The highest BCUT2D eigenvalue weighted by Crippen LogP contribution is 2.23. The van der Waals surface area contributed by atoms with Gasteiger partial charge in [0.05, 0.1) is 11.9 Å². The number of hydrogen-bond acceptors (Lipinski definition) is 5. The molecule has 0 aliphatic rings. The second-order valence-electron chi connectivity index (χ2n) is 4.87. The lowest BCUT2D eigenvalue weighted by molar-refractivity contribution is 0.101. The van der Waals surface area contributed by atoms with E-state index in [-0.39, 0.29) is 17.0 Å².